The van der Waals surface area contributed by atoms with Gasteiger partial charge in [-0.25, -0.2) is 0 Å². The highest BCUT2D eigenvalue weighted by Gasteiger charge is 2.14. The molecule has 0 spiro atoms. The van der Waals surface area contributed by atoms with Crippen molar-refractivity contribution in [3.63, 3.8) is 0 Å². The first-order chi connectivity index (χ1) is 10.7. The van der Waals surface area contributed by atoms with Crippen molar-refractivity contribution in [2.24, 2.45) is 0 Å². The van der Waals surface area contributed by atoms with E-state index in [1.807, 2.05) is 40.9 Å². The van der Waals surface area contributed by atoms with Gasteiger partial charge in [-0.2, -0.15) is 0 Å². The minimum Gasteiger partial charge on any atom is -0.313 e. The summed E-state index contributed by atoms with van der Waals surface area (Å²) in [7, 11) is 0. The third-order valence-electron chi connectivity index (χ3n) is 3.88. The van der Waals surface area contributed by atoms with Gasteiger partial charge in [0.05, 0.1) is 11.2 Å². The summed E-state index contributed by atoms with van der Waals surface area (Å²) < 4.78 is 1.94. The fraction of sp³-hybridized carbons (Fsp3) is 0. The van der Waals surface area contributed by atoms with E-state index in [1.54, 1.807) is 24.3 Å². The molecule has 0 N–H and O–H groups in total. The molecule has 0 unspecified atom stereocenters. The minimum absolute atomic E-state index is 0.0298. The standard InChI is InChI=1S/C19H12ClNO/c20-15-6-3-5-14(12-15)19(22)18-9-8-17-16-7-2-1-4-13(16)10-11-21(17)18/h1-12H. The summed E-state index contributed by atoms with van der Waals surface area (Å²) in [4.78, 5) is 12.7. The van der Waals surface area contributed by atoms with Crippen molar-refractivity contribution in [1.82, 2.24) is 4.40 Å². The van der Waals surface area contributed by atoms with E-state index in [2.05, 4.69) is 12.1 Å². The first-order valence-corrected chi connectivity index (χ1v) is 7.41. The molecule has 4 aromatic rings. The van der Waals surface area contributed by atoms with E-state index in [0.717, 1.165) is 16.3 Å². The highest BCUT2D eigenvalue weighted by atomic mass is 35.5. The van der Waals surface area contributed by atoms with Crippen LogP contribution in [0.15, 0.2) is 72.9 Å². The fourth-order valence-electron chi connectivity index (χ4n) is 2.82. The third kappa shape index (κ3) is 2.00. The number of ketones is 1. The summed E-state index contributed by atoms with van der Waals surface area (Å²) in [5.74, 6) is -0.0298. The van der Waals surface area contributed by atoms with E-state index < -0.39 is 0 Å². The number of rotatable bonds is 2. The molecule has 106 valence electrons. The number of carbonyl (C=O) groups excluding carboxylic acids is 1. The molecule has 22 heavy (non-hydrogen) atoms. The number of benzene rings is 2. The maximum absolute atomic E-state index is 12.7. The number of fused-ring (bicyclic) bond motifs is 3. The molecule has 0 atom stereocenters. The zero-order valence-electron chi connectivity index (χ0n) is 11.7. The van der Waals surface area contributed by atoms with Gasteiger partial charge in [0.15, 0.2) is 0 Å². The first-order valence-electron chi connectivity index (χ1n) is 7.03. The second-order valence-corrected chi connectivity index (χ2v) is 5.65. The molecule has 0 saturated heterocycles. The summed E-state index contributed by atoms with van der Waals surface area (Å²) in [6.07, 6.45) is 1.94. The Bertz CT molecular complexity index is 1020. The summed E-state index contributed by atoms with van der Waals surface area (Å²) in [5, 5.41) is 2.86. The normalized spacial score (nSPS) is 11.1. The van der Waals surface area contributed by atoms with Gasteiger partial charge in [0.2, 0.25) is 5.78 Å². The maximum Gasteiger partial charge on any atom is 0.209 e. The van der Waals surface area contributed by atoms with Gasteiger partial charge >= 0.3 is 0 Å². The van der Waals surface area contributed by atoms with E-state index in [1.165, 1.54) is 0 Å². The molecule has 0 aliphatic carbocycles. The third-order valence-corrected chi connectivity index (χ3v) is 4.11. The number of carbonyl (C=O) groups is 1. The smallest absolute Gasteiger partial charge is 0.209 e. The van der Waals surface area contributed by atoms with Crippen LogP contribution in [0.25, 0.3) is 16.3 Å². The Hall–Kier alpha value is -2.58. The van der Waals surface area contributed by atoms with Crippen LogP contribution in [0.2, 0.25) is 5.02 Å². The predicted molar refractivity (Wildman–Crippen MR) is 89.8 cm³/mol. The monoisotopic (exact) mass is 305 g/mol. The Kier molecular flexibility index (Phi) is 2.98. The molecule has 0 radical (unpaired) electrons. The lowest BCUT2D eigenvalue weighted by Crippen LogP contribution is -2.05. The van der Waals surface area contributed by atoms with Crippen LogP contribution in [0.4, 0.5) is 0 Å². The summed E-state index contributed by atoms with van der Waals surface area (Å²) in [5.41, 5.74) is 2.27. The lowest BCUT2D eigenvalue weighted by Gasteiger charge is -2.05. The van der Waals surface area contributed by atoms with Gasteiger partial charge in [0, 0.05) is 22.2 Å². The number of hydrogen-bond donors (Lipinski definition) is 0. The van der Waals surface area contributed by atoms with E-state index >= 15 is 0 Å². The van der Waals surface area contributed by atoms with Gasteiger partial charge < -0.3 is 4.40 Å². The van der Waals surface area contributed by atoms with Crippen LogP contribution in [0.3, 0.4) is 0 Å². The topological polar surface area (TPSA) is 21.5 Å². The molecule has 0 bridgehead atoms. The van der Waals surface area contributed by atoms with E-state index in [-0.39, 0.29) is 5.78 Å². The second-order valence-electron chi connectivity index (χ2n) is 5.22. The van der Waals surface area contributed by atoms with Crippen molar-refractivity contribution in [1.29, 1.82) is 0 Å². The highest BCUT2D eigenvalue weighted by Crippen LogP contribution is 2.24. The van der Waals surface area contributed by atoms with Gasteiger partial charge in [-0.3, -0.25) is 4.79 Å². The minimum atomic E-state index is -0.0298. The molecule has 3 heteroatoms. The molecule has 0 aliphatic rings. The molecular weight excluding hydrogens is 294 g/mol. The molecule has 0 aliphatic heterocycles. The van der Waals surface area contributed by atoms with Crippen LogP contribution in [0, 0.1) is 0 Å². The number of halogens is 1. The summed E-state index contributed by atoms with van der Waals surface area (Å²) >= 11 is 5.99. The molecule has 2 nitrogen and oxygen atoms in total. The lowest BCUT2D eigenvalue weighted by atomic mass is 10.1. The van der Waals surface area contributed by atoms with Crippen LogP contribution in [0.1, 0.15) is 16.1 Å². The number of hydrogen-bond acceptors (Lipinski definition) is 1. The molecule has 0 saturated carbocycles. The van der Waals surface area contributed by atoms with Crippen molar-refractivity contribution in [3.8, 4) is 0 Å². The SMILES string of the molecule is O=C(c1cccc(Cl)c1)c1ccc2c3ccccc3ccn12. The Morgan fingerprint density at radius 3 is 2.64 bits per heavy atom. The van der Waals surface area contributed by atoms with Crippen LogP contribution >= 0.6 is 11.6 Å². The van der Waals surface area contributed by atoms with Crippen LogP contribution in [-0.2, 0) is 0 Å². The number of nitrogens with zero attached hydrogens (tertiary/aromatic N) is 1. The lowest BCUT2D eigenvalue weighted by molar-refractivity contribution is 0.103. The quantitative estimate of drug-likeness (QED) is 0.479. The maximum atomic E-state index is 12.7. The summed E-state index contributed by atoms with van der Waals surface area (Å²) in [6.45, 7) is 0. The Morgan fingerprint density at radius 1 is 0.909 bits per heavy atom. The van der Waals surface area contributed by atoms with E-state index in [4.69, 9.17) is 11.6 Å². The zero-order valence-corrected chi connectivity index (χ0v) is 12.4. The van der Waals surface area contributed by atoms with E-state index in [9.17, 15) is 4.79 Å². The van der Waals surface area contributed by atoms with Gasteiger partial charge in [0.1, 0.15) is 0 Å². The average Bonchev–Trinajstić information content (AvgIpc) is 2.98. The molecule has 0 fully saturated rings. The Balaban J connectivity index is 1.93. The van der Waals surface area contributed by atoms with Crippen molar-refractivity contribution in [3.05, 3.63) is 89.2 Å². The number of aromatic nitrogens is 1. The van der Waals surface area contributed by atoms with Gasteiger partial charge in [-0.05, 0) is 35.7 Å². The van der Waals surface area contributed by atoms with Crippen LogP contribution in [-0.4, -0.2) is 10.2 Å². The van der Waals surface area contributed by atoms with Crippen molar-refractivity contribution >= 4 is 33.7 Å². The molecular formula is C19H12ClNO. The molecule has 0 amide bonds. The van der Waals surface area contributed by atoms with Crippen LogP contribution in [0.5, 0.6) is 0 Å². The fourth-order valence-corrected chi connectivity index (χ4v) is 3.01. The second kappa shape index (κ2) is 5.00. The molecule has 2 aromatic carbocycles. The molecule has 2 heterocycles. The number of pyridine rings is 1. The van der Waals surface area contributed by atoms with Gasteiger partial charge in [-0.1, -0.05) is 48.0 Å². The average molecular weight is 306 g/mol. The predicted octanol–water partition coefficient (Wildman–Crippen LogP) is 4.98. The van der Waals surface area contributed by atoms with E-state index in [0.29, 0.717) is 16.3 Å². The zero-order chi connectivity index (χ0) is 15.1. The highest BCUT2D eigenvalue weighted by molar-refractivity contribution is 6.31. The van der Waals surface area contributed by atoms with Crippen molar-refractivity contribution in [2.45, 2.75) is 0 Å². The Labute approximate surface area is 132 Å². The van der Waals surface area contributed by atoms with Crippen molar-refractivity contribution in [2.75, 3.05) is 0 Å². The van der Waals surface area contributed by atoms with Crippen molar-refractivity contribution < 1.29 is 4.79 Å². The first kappa shape index (κ1) is 13.1. The Morgan fingerprint density at radius 2 is 1.77 bits per heavy atom. The van der Waals surface area contributed by atoms with Gasteiger partial charge in [-0.15, -0.1) is 0 Å². The molecule has 4 rings (SSSR count). The molecule has 2 aromatic heterocycles. The van der Waals surface area contributed by atoms with Gasteiger partial charge in [0.25, 0.3) is 0 Å². The summed E-state index contributed by atoms with van der Waals surface area (Å²) in [6, 6.07) is 21.1. The van der Waals surface area contributed by atoms with Crippen LogP contribution < -0.4 is 0 Å². The largest absolute Gasteiger partial charge is 0.313 e.